The van der Waals surface area contributed by atoms with Gasteiger partial charge in [0.05, 0.1) is 41.2 Å². The molecule has 2 aromatic heterocycles. The summed E-state index contributed by atoms with van der Waals surface area (Å²) in [5.74, 6) is 0.631. The number of amides is 1. The van der Waals surface area contributed by atoms with Crippen LogP contribution in [0.3, 0.4) is 0 Å². The van der Waals surface area contributed by atoms with Crippen molar-refractivity contribution >= 4 is 28.5 Å². The zero-order valence-corrected chi connectivity index (χ0v) is 28.4. The Kier molecular flexibility index (Phi) is 8.70. The molecule has 3 fully saturated rings. The zero-order valence-electron chi connectivity index (χ0n) is 28.4. The van der Waals surface area contributed by atoms with Gasteiger partial charge in [0.15, 0.2) is 0 Å². The molecule has 7 heteroatoms. The number of pyridine rings is 1. The maximum absolute atomic E-state index is 14.1. The van der Waals surface area contributed by atoms with Crippen LogP contribution in [0.1, 0.15) is 92.0 Å². The topological polar surface area (TPSA) is 78.5 Å². The number of aryl methyl sites for hydroxylation is 2. The molecular weight excluding hydrogens is 572 g/mol. The van der Waals surface area contributed by atoms with Gasteiger partial charge in [0.2, 0.25) is 5.91 Å². The van der Waals surface area contributed by atoms with Crippen molar-refractivity contribution in [2.45, 2.75) is 84.6 Å². The number of nitrogens with one attached hydrogen (secondary N) is 1. The number of hydrogen-bond acceptors (Lipinski definition) is 5. The number of aromatic amines is 1. The number of likely N-dealkylation sites (N-methyl/N-ethyl adjacent to an activating group) is 1. The molecule has 2 aromatic carbocycles. The van der Waals surface area contributed by atoms with Crippen LogP contribution >= 0.6 is 0 Å². The van der Waals surface area contributed by atoms with E-state index in [1.54, 1.807) is 0 Å². The molecule has 2 saturated heterocycles. The molecule has 2 bridgehead atoms. The van der Waals surface area contributed by atoms with E-state index in [9.17, 15) is 9.59 Å². The van der Waals surface area contributed by atoms with Gasteiger partial charge in [-0.1, -0.05) is 24.1 Å². The largest absolute Gasteiger partial charge is 0.465 e. The minimum Gasteiger partial charge on any atom is -0.465 e. The number of esters is 1. The molecule has 1 unspecified atom stereocenters. The summed E-state index contributed by atoms with van der Waals surface area (Å²) >= 11 is 0. The van der Waals surface area contributed by atoms with Crippen molar-refractivity contribution in [2.24, 2.45) is 5.92 Å². The second-order valence-corrected chi connectivity index (χ2v) is 14.1. The summed E-state index contributed by atoms with van der Waals surface area (Å²) in [6.45, 7) is 15.3. The van der Waals surface area contributed by atoms with Crippen molar-refractivity contribution in [1.82, 2.24) is 14.9 Å². The van der Waals surface area contributed by atoms with Gasteiger partial charge in [-0.05, 0) is 120 Å². The molecule has 7 rings (SSSR count). The predicted molar refractivity (Wildman–Crippen MR) is 186 cm³/mol. The number of methoxy groups -OCH3 is 1. The summed E-state index contributed by atoms with van der Waals surface area (Å²) in [7, 11) is 1.40. The van der Waals surface area contributed by atoms with Gasteiger partial charge < -0.3 is 19.5 Å². The first-order chi connectivity index (χ1) is 22.0. The second kappa shape index (κ2) is 12.6. The number of anilines is 1. The lowest BCUT2D eigenvalue weighted by molar-refractivity contribution is -0.144. The van der Waals surface area contributed by atoms with Gasteiger partial charge in [0, 0.05) is 42.7 Å². The molecule has 242 valence electrons. The van der Waals surface area contributed by atoms with E-state index in [1.807, 2.05) is 44.3 Å². The number of fused-ring (bicyclic) bond motifs is 4. The standard InChI is InChI=1S/C39H48N4O3/c1-8-42(30-15-11-28(12-16-30)37(44)46-7)22-26(4)35-32-20-34(39(5,6)38(45)43-23-27-9-13-31(43)14-10-27)40-21-33(32)41-36(35)29-18-24(2)17-25(3)19-29/h11-12,15-21,26-27,31,41H,8-10,13-14,22-23H2,1-7H3. The lowest BCUT2D eigenvalue weighted by Crippen LogP contribution is -2.55. The smallest absolute Gasteiger partial charge is 0.337 e. The van der Waals surface area contributed by atoms with Crippen LogP contribution in [0.25, 0.3) is 22.2 Å². The Bertz CT molecular complexity index is 1730. The highest BCUT2D eigenvalue weighted by Crippen LogP contribution is 2.41. The van der Waals surface area contributed by atoms with E-state index in [4.69, 9.17) is 9.72 Å². The number of piperidine rings is 2. The van der Waals surface area contributed by atoms with Gasteiger partial charge in [-0.3, -0.25) is 9.78 Å². The number of carbonyl (C=O) groups is 2. The van der Waals surface area contributed by atoms with E-state index in [0.29, 0.717) is 17.5 Å². The fourth-order valence-corrected chi connectivity index (χ4v) is 7.86. The quantitative estimate of drug-likeness (QED) is 0.192. The first kappa shape index (κ1) is 31.8. The van der Waals surface area contributed by atoms with E-state index in [1.165, 1.54) is 36.6 Å². The fraction of sp³-hybridized carbons (Fsp3) is 0.462. The summed E-state index contributed by atoms with van der Waals surface area (Å²) in [4.78, 5) is 39.3. The van der Waals surface area contributed by atoms with E-state index >= 15 is 0 Å². The molecule has 2 aliphatic heterocycles. The zero-order chi connectivity index (χ0) is 32.7. The highest BCUT2D eigenvalue weighted by molar-refractivity contribution is 5.94. The molecule has 3 aliphatic rings. The number of rotatable bonds is 9. The van der Waals surface area contributed by atoms with Crippen molar-refractivity contribution in [3.05, 3.63) is 82.7 Å². The van der Waals surface area contributed by atoms with Crippen molar-refractivity contribution in [3.8, 4) is 11.3 Å². The summed E-state index contributed by atoms with van der Waals surface area (Å²) in [6.07, 6.45) is 6.66. The molecule has 4 aromatic rings. The van der Waals surface area contributed by atoms with E-state index in [-0.39, 0.29) is 17.8 Å². The Morgan fingerprint density at radius 1 is 1.04 bits per heavy atom. The first-order valence-corrected chi connectivity index (χ1v) is 16.8. The molecular formula is C39H48N4O3. The number of H-pyrrole nitrogens is 1. The predicted octanol–water partition coefficient (Wildman–Crippen LogP) is 7.94. The second-order valence-electron chi connectivity index (χ2n) is 14.1. The van der Waals surface area contributed by atoms with Gasteiger partial charge in [0.1, 0.15) is 0 Å². The third kappa shape index (κ3) is 5.92. The van der Waals surface area contributed by atoms with Gasteiger partial charge in [-0.2, -0.15) is 0 Å². The third-order valence-corrected chi connectivity index (χ3v) is 10.4. The van der Waals surface area contributed by atoms with Crippen molar-refractivity contribution in [1.29, 1.82) is 0 Å². The highest BCUT2D eigenvalue weighted by Gasteiger charge is 2.43. The molecule has 46 heavy (non-hydrogen) atoms. The fourth-order valence-electron chi connectivity index (χ4n) is 7.86. The molecule has 1 N–H and O–H groups in total. The average molecular weight is 621 g/mol. The molecule has 0 spiro atoms. The normalized spacial score (nSPS) is 18.5. The van der Waals surface area contributed by atoms with Gasteiger partial charge in [-0.25, -0.2) is 4.79 Å². The Labute approximate surface area is 273 Å². The van der Waals surface area contributed by atoms with E-state index in [2.05, 4.69) is 66.7 Å². The Balaban J connectivity index is 1.40. The van der Waals surface area contributed by atoms with E-state index < -0.39 is 5.41 Å². The Hall–Kier alpha value is -4.13. The van der Waals surface area contributed by atoms with Crippen LogP contribution in [0.5, 0.6) is 0 Å². The monoisotopic (exact) mass is 620 g/mol. The van der Waals surface area contributed by atoms with Crippen LogP contribution in [0.15, 0.2) is 54.7 Å². The first-order valence-electron chi connectivity index (χ1n) is 16.8. The lowest BCUT2D eigenvalue weighted by Gasteiger charge is -2.47. The van der Waals surface area contributed by atoms with Crippen LogP contribution in [-0.2, 0) is 14.9 Å². The highest BCUT2D eigenvalue weighted by atomic mass is 16.5. The van der Waals surface area contributed by atoms with Crippen molar-refractivity contribution < 1.29 is 14.3 Å². The third-order valence-electron chi connectivity index (χ3n) is 10.4. The SMILES string of the molecule is CCN(CC(C)c1c(-c2cc(C)cc(C)c2)[nH]c2cnc(C(C)(C)C(=O)N3CC4CCC3CC4)cc12)c1ccc(C(=O)OC)cc1. The van der Waals surface area contributed by atoms with E-state index in [0.717, 1.165) is 66.0 Å². The van der Waals surface area contributed by atoms with Crippen LogP contribution < -0.4 is 4.90 Å². The number of aromatic nitrogens is 2. The van der Waals surface area contributed by atoms with Gasteiger partial charge >= 0.3 is 5.97 Å². The number of benzene rings is 2. The summed E-state index contributed by atoms with van der Waals surface area (Å²) < 4.78 is 4.90. The van der Waals surface area contributed by atoms with Gasteiger partial charge in [-0.15, -0.1) is 0 Å². The molecule has 4 heterocycles. The molecule has 1 saturated carbocycles. The van der Waals surface area contributed by atoms with Crippen LogP contribution in [0, 0.1) is 19.8 Å². The van der Waals surface area contributed by atoms with Gasteiger partial charge in [0.25, 0.3) is 0 Å². The molecule has 7 nitrogen and oxygen atoms in total. The van der Waals surface area contributed by atoms with Crippen molar-refractivity contribution in [3.63, 3.8) is 0 Å². The molecule has 0 radical (unpaired) electrons. The number of nitrogens with zero attached hydrogens (tertiary/aromatic N) is 3. The van der Waals surface area contributed by atoms with Crippen LogP contribution in [-0.4, -0.2) is 59.5 Å². The number of ether oxygens (including phenoxy) is 1. The maximum atomic E-state index is 14.1. The van der Waals surface area contributed by atoms with Crippen LogP contribution in [0.4, 0.5) is 5.69 Å². The number of hydrogen-bond donors (Lipinski definition) is 1. The Morgan fingerprint density at radius 2 is 1.72 bits per heavy atom. The molecule has 1 atom stereocenters. The summed E-state index contributed by atoms with van der Waals surface area (Å²) in [6, 6.07) is 16.9. The van der Waals surface area contributed by atoms with Crippen molar-refractivity contribution in [2.75, 3.05) is 31.6 Å². The van der Waals surface area contributed by atoms with Crippen LogP contribution in [0.2, 0.25) is 0 Å². The maximum Gasteiger partial charge on any atom is 0.337 e. The lowest BCUT2D eigenvalue weighted by atomic mass is 9.77. The Morgan fingerprint density at radius 3 is 2.30 bits per heavy atom. The minimum atomic E-state index is -0.736. The molecule has 1 amide bonds. The average Bonchev–Trinajstić information content (AvgIpc) is 3.46. The summed E-state index contributed by atoms with van der Waals surface area (Å²) in [5.41, 5.74) is 8.57. The summed E-state index contributed by atoms with van der Waals surface area (Å²) in [5, 5.41) is 1.12. The minimum absolute atomic E-state index is 0.136. The number of carbonyl (C=O) groups excluding carboxylic acids is 2. The molecule has 1 aliphatic carbocycles.